The summed E-state index contributed by atoms with van der Waals surface area (Å²) in [4.78, 5) is 35.7. The Morgan fingerprint density at radius 3 is 2.84 bits per heavy atom. The third kappa shape index (κ3) is 4.42. The molecule has 0 bridgehead atoms. The van der Waals surface area contributed by atoms with Gasteiger partial charge in [0, 0.05) is 25.6 Å². The van der Waals surface area contributed by atoms with Crippen LogP contribution in [-0.4, -0.2) is 53.1 Å². The summed E-state index contributed by atoms with van der Waals surface area (Å²) in [6.45, 7) is 4.53. The minimum atomic E-state index is -0.884. The van der Waals surface area contributed by atoms with Crippen LogP contribution in [0.3, 0.4) is 0 Å². The summed E-state index contributed by atoms with van der Waals surface area (Å²) in [7, 11) is 0. The average Bonchev–Trinajstić information content (AvgIpc) is 2.36. The van der Waals surface area contributed by atoms with Gasteiger partial charge in [-0.2, -0.15) is 0 Å². The molecule has 7 heteroatoms. The zero-order valence-corrected chi connectivity index (χ0v) is 11.3. The van der Waals surface area contributed by atoms with Crippen LogP contribution in [0.4, 0.5) is 4.79 Å². The van der Waals surface area contributed by atoms with Crippen molar-refractivity contribution in [1.82, 2.24) is 15.5 Å². The zero-order valence-electron chi connectivity index (χ0n) is 11.3. The highest BCUT2D eigenvalue weighted by molar-refractivity contribution is 5.88. The van der Waals surface area contributed by atoms with E-state index in [1.54, 1.807) is 6.92 Å². The second-order valence-corrected chi connectivity index (χ2v) is 4.69. The summed E-state index contributed by atoms with van der Waals surface area (Å²) >= 11 is 0. The number of piperazine rings is 1. The number of nitrogens with one attached hydrogen (secondary N) is 2. The molecule has 1 aliphatic rings. The Morgan fingerprint density at radius 1 is 1.58 bits per heavy atom. The molecule has 3 N–H and O–H groups in total. The van der Waals surface area contributed by atoms with Crippen molar-refractivity contribution < 1.29 is 19.5 Å². The van der Waals surface area contributed by atoms with Crippen LogP contribution < -0.4 is 10.6 Å². The molecule has 7 nitrogen and oxygen atoms in total. The van der Waals surface area contributed by atoms with Crippen LogP contribution in [0.2, 0.25) is 0 Å². The smallest absolute Gasteiger partial charge is 0.318 e. The summed E-state index contributed by atoms with van der Waals surface area (Å²) in [6.07, 6.45) is 0.944. The molecule has 0 aromatic rings. The summed E-state index contributed by atoms with van der Waals surface area (Å²) in [5.41, 5.74) is 0. The minimum absolute atomic E-state index is 0.0130. The topological polar surface area (TPSA) is 98.7 Å². The van der Waals surface area contributed by atoms with Gasteiger partial charge in [-0.1, -0.05) is 6.92 Å². The molecule has 1 fully saturated rings. The predicted octanol–water partition coefficient (Wildman–Crippen LogP) is 0.160. The van der Waals surface area contributed by atoms with E-state index in [0.717, 1.165) is 0 Å². The first kappa shape index (κ1) is 15.3. The molecule has 108 valence electrons. The Balaban J connectivity index is 2.51. The number of carboxylic acids is 1. The lowest BCUT2D eigenvalue weighted by molar-refractivity contribution is -0.137. The van der Waals surface area contributed by atoms with E-state index in [9.17, 15) is 14.4 Å². The normalized spacial score (nSPS) is 20.6. The highest BCUT2D eigenvalue weighted by atomic mass is 16.4. The molecule has 2 atom stereocenters. The summed E-state index contributed by atoms with van der Waals surface area (Å²) in [5.74, 6) is -1.02. The van der Waals surface area contributed by atoms with Crippen molar-refractivity contribution in [3.63, 3.8) is 0 Å². The van der Waals surface area contributed by atoms with Crippen molar-refractivity contribution in [1.29, 1.82) is 0 Å². The Hall–Kier alpha value is -1.79. The third-order valence-electron chi connectivity index (χ3n) is 3.14. The van der Waals surface area contributed by atoms with E-state index in [1.807, 2.05) is 6.92 Å². The number of carboxylic acid groups (broad SMARTS) is 1. The van der Waals surface area contributed by atoms with Gasteiger partial charge in [-0.05, 0) is 19.8 Å². The van der Waals surface area contributed by atoms with Crippen molar-refractivity contribution in [3.05, 3.63) is 0 Å². The number of urea groups is 1. The van der Waals surface area contributed by atoms with Gasteiger partial charge in [-0.25, -0.2) is 4.79 Å². The fourth-order valence-corrected chi connectivity index (χ4v) is 2.07. The molecule has 2 unspecified atom stereocenters. The Labute approximate surface area is 112 Å². The fourth-order valence-electron chi connectivity index (χ4n) is 2.07. The molecule has 1 aliphatic heterocycles. The molecule has 0 spiro atoms. The Bertz CT molecular complexity index is 359. The summed E-state index contributed by atoms with van der Waals surface area (Å²) in [5, 5.41) is 14.0. The second kappa shape index (κ2) is 6.96. The lowest BCUT2D eigenvalue weighted by atomic mass is 10.1. The first-order valence-corrected chi connectivity index (χ1v) is 6.52. The van der Waals surface area contributed by atoms with E-state index in [2.05, 4.69) is 10.6 Å². The standard InChI is InChI=1S/C12H21N3O4/c1-3-9-11(18)13-6-7-15(9)12(19)14-8(2)4-5-10(16)17/h8-9H,3-7H2,1-2H3,(H,13,18)(H,14,19)(H,16,17). The van der Waals surface area contributed by atoms with Gasteiger partial charge >= 0.3 is 12.0 Å². The molecule has 1 rings (SSSR count). The average molecular weight is 271 g/mol. The number of hydrogen-bond donors (Lipinski definition) is 3. The lowest BCUT2D eigenvalue weighted by Gasteiger charge is -2.35. The number of aliphatic carboxylic acids is 1. The molecule has 0 aromatic carbocycles. The molecule has 1 saturated heterocycles. The van der Waals surface area contributed by atoms with Gasteiger partial charge in [0.1, 0.15) is 6.04 Å². The number of rotatable bonds is 5. The van der Waals surface area contributed by atoms with E-state index in [-0.39, 0.29) is 24.4 Å². The third-order valence-corrected chi connectivity index (χ3v) is 3.14. The van der Waals surface area contributed by atoms with E-state index in [1.165, 1.54) is 4.90 Å². The number of amides is 3. The first-order valence-electron chi connectivity index (χ1n) is 6.52. The van der Waals surface area contributed by atoms with Crippen LogP contribution in [0.1, 0.15) is 33.1 Å². The molecule has 0 aromatic heterocycles. The summed E-state index contributed by atoms with van der Waals surface area (Å²) in [6, 6.07) is -0.980. The molecule has 19 heavy (non-hydrogen) atoms. The number of carbonyl (C=O) groups is 3. The van der Waals surface area contributed by atoms with Crippen LogP contribution in [0.15, 0.2) is 0 Å². The predicted molar refractivity (Wildman–Crippen MR) is 68.7 cm³/mol. The maximum Gasteiger partial charge on any atom is 0.318 e. The number of nitrogens with zero attached hydrogens (tertiary/aromatic N) is 1. The fraction of sp³-hybridized carbons (Fsp3) is 0.750. The molecule has 3 amide bonds. The number of carbonyl (C=O) groups excluding carboxylic acids is 2. The monoisotopic (exact) mass is 271 g/mol. The van der Waals surface area contributed by atoms with Gasteiger partial charge in [0.2, 0.25) is 5.91 Å². The van der Waals surface area contributed by atoms with Crippen molar-refractivity contribution >= 4 is 17.9 Å². The van der Waals surface area contributed by atoms with Crippen molar-refractivity contribution in [2.24, 2.45) is 0 Å². The van der Waals surface area contributed by atoms with Crippen LogP contribution in [0, 0.1) is 0 Å². The number of hydrogen-bond acceptors (Lipinski definition) is 3. The highest BCUT2D eigenvalue weighted by Gasteiger charge is 2.31. The molecule has 0 saturated carbocycles. The van der Waals surface area contributed by atoms with Crippen LogP contribution in [0.5, 0.6) is 0 Å². The largest absolute Gasteiger partial charge is 0.481 e. The van der Waals surface area contributed by atoms with Gasteiger partial charge in [0.15, 0.2) is 0 Å². The second-order valence-electron chi connectivity index (χ2n) is 4.69. The highest BCUT2D eigenvalue weighted by Crippen LogP contribution is 2.09. The molecule has 1 heterocycles. The SMILES string of the molecule is CCC1C(=O)NCCN1C(=O)NC(C)CCC(=O)O. The minimum Gasteiger partial charge on any atom is -0.481 e. The van der Waals surface area contributed by atoms with E-state index in [4.69, 9.17) is 5.11 Å². The van der Waals surface area contributed by atoms with Gasteiger partial charge < -0.3 is 20.6 Å². The molecule has 0 aliphatic carbocycles. The quantitative estimate of drug-likeness (QED) is 0.663. The van der Waals surface area contributed by atoms with Gasteiger partial charge in [-0.3, -0.25) is 9.59 Å². The van der Waals surface area contributed by atoms with Crippen LogP contribution in [0.25, 0.3) is 0 Å². The summed E-state index contributed by atoms with van der Waals surface area (Å²) < 4.78 is 0. The van der Waals surface area contributed by atoms with Crippen molar-refractivity contribution in [2.45, 2.75) is 45.2 Å². The molecule has 0 radical (unpaired) electrons. The van der Waals surface area contributed by atoms with Gasteiger partial charge in [0.05, 0.1) is 0 Å². The van der Waals surface area contributed by atoms with E-state index >= 15 is 0 Å². The van der Waals surface area contributed by atoms with Crippen LogP contribution in [-0.2, 0) is 9.59 Å². The van der Waals surface area contributed by atoms with Gasteiger partial charge in [0.25, 0.3) is 0 Å². The van der Waals surface area contributed by atoms with E-state index < -0.39 is 12.0 Å². The van der Waals surface area contributed by atoms with E-state index in [0.29, 0.717) is 25.9 Å². The zero-order chi connectivity index (χ0) is 14.4. The maximum absolute atomic E-state index is 12.1. The van der Waals surface area contributed by atoms with Crippen LogP contribution >= 0.6 is 0 Å². The Kier molecular flexibility index (Phi) is 5.59. The van der Waals surface area contributed by atoms with Crippen molar-refractivity contribution in [3.8, 4) is 0 Å². The molecular formula is C12H21N3O4. The lowest BCUT2D eigenvalue weighted by Crippen LogP contribution is -2.59. The first-order chi connectivity index (χ1) is 8.95. The molecular weight excluding hydrogens is 250 g/mol. The van der Waals surface area contributed by atoms with Gasteiger partial charge in [-0.15, -0.1) is 0 Å². The maximum atomic E-state index is 12.1. The van der Waals surface area contributed by atoms with Crippen molar-refractivity contribution in [2.75, 3.05) is 13.1 Å². The Morgan fingerprint density at radius 2 is 2.26 bits per heavy atom.